The fraction of sp³-hybridized carbons (Fsp3) is 0.167. The van der Waals surface area contributed by atoms with E-state index in [0.29, 0.717) is 10.6 Å². The summed E-state index contributed by atoms with van der Waals surface area (Å²) in [6.45, 7) is -0.989. The van der Waals surface area contributed by atoms with Gasteiger partial charge in [-0.1, -0.05) is 35.9 Å². The second kappa shape index (κ2) is 8.45. The third-order valence-electron chi connectivity index (χ3n) is 3.26. The van der Waals surface area contributed by atoms with Gasteiger partial charge in [0.2, 0.25) is 5.91 Å². The highest BCUT2D eigenvalue weighted by molar-refractivity contribution is 6.30. The Morgan fingerprint density at radius 2 is 1.75 bits per heavy atom. The van der Waals surface area contributed by atoms with Crippen LogP contribution in [0.5, 0.6) is 5.75 Å². The number of rotatable bonds is 6. The van der Waals surface area contributed by atoms with Crippen LogP contribution in [0.25, 0.3) is 6.08 Å². The number of carbonyl (C=O) groups excluding carboxylic acids is 1. The molecule has 0 aliphatic heterocycles. The van der Waals surface area contributed by atoms with Crippen LogP contribution in [0.4, 0.5) is 8.78 Å². The molecule has 1 atom stereocenters. The Morgan fingerprint density at radius 3 is 2.33 bits per heavy atom. The zero-order valence-corrected chi connectivity index (χ0v) is 13.6. The van der Waals surface area contributed by atoms with Crippen LogP contribution >= 0.6 is 11.6 Å². The number of benzene rings is 2. The van der Waals surface area contributed by atoms with Crippen molar-refractivity contribution < 1.29 is 18.3 Å². The smallest absolute Gasteiger partial charge is 0.387 e. The minimum atomic E-state index is -2.86. The van der Waals surface area contributed by atoms with Gasteiger partial charge in [-0.25, -0.2) is 0 Å². The summed E-state index contributed by atoms with van der Waals surface area (Å²) >= 11 is 5.83. The summed E-state index contributed by atoms with van der Waals surface area (Å²) in [5, 5.41) is 3.47. The third kappa shape index (κ3) is 5.66. The van der Waals surface area contributed by atoms with Crippen LogP contribution in [-0.2, 0) is 4.79 Å². The molecule has 1 amide bonds. The topological polar surface area (TPSA) is 38.3 Å². The molecule has 0 spiro atoms. The maximum Gasteiger partial charge on any atom is 0.387 e. The first-order valence-electron chi connectivity index (χ1n) is 7.23. The van der Waals surface area contributed by atoms with Crippen molar-refractivity contribution in [3.63, 3.8) is 0 Å². The number of nitrogens with one attached hydrogen (secondary N) is 1. The molecular formula is C18H16ClF2NO2. The van der Waals surface area contributed by atoms with E-state index in [1.165, 1.54) is 18.2 Å². The summed E-state index contributed by atoms with van der Waals surface area (Å²) in [4.78, 5) is 11.9. The number of hydrogen-bond acceptors (Lipinski definition) is 2. The van der Waals surface area contributed by atoms with Gasteiger partial charge in [0.15, 0.2) is 0 Å². The van der Waals surface area contributed by atoms with Crippen LogP contribution in [0, 0.1) is 0 Å². The van der Waals surface area contributed by atoms with Crippen molar-refractivity contribution in [3.8, 4) is 5.75 Å². The van der Waals surface area contributed by atoms with Gasteiger partial charge in [-0.15, -0.1) is 0 Å². The fourth-order valence-electron chi connectivity index (χ4n) is 2.03. The molecule has 0 bridgehead atoms. The third-order valence-corrected chi connectivity index (χ3v) is 3.51. The van der Waals surface area contributed by atoms with E-state index in [-0.39, 0.29) is 17.7 Å². The van der Waals surface area contributed by atoms with E-state index in [9.17, 15) is 13.6 Å². The Hall–Kier alpha value is -2.40. The van der Waals surface area contributed by atoms with Crippen molar-refractivity contribution in [2.24, 2.45) is 0 Å². The van der Waals surface area contributed by atoms with E-state index in [1.54, 1.807) is 30.3 Å². The molecule has 0 aromatic heterocycles. The molecule has 0 unspecified atom stereocenters. The van der Waals surface area contributed by atoms with Crippen molar-refractivity contribution in [1.82, 2.24) is 5.32 Å². The molecule has 0 aliphatic carbocycles. The van der Waals surface area contributed by atoms with Gasteiger partial charge in [-0.2, -0.15) is 8.78 Å². The molecule has 24 heavy (non-hydrogen) atoms. The van der Waals surface area contributed by atoms with E-state index < -0.39 is 6.61 Å². The molecular weight excluding hydrogens is 336 g/mol. The molecule has 3 nitrogen and oxygen atoms in total. The molecule has 6 heteroatoms. The molecule has 0 fully saturated rings. The summed E-state index contributed by atoms with van der Waals surface area (Å²) in [6.07, 6.45) is 2.98. The lowest BCUT2D eigenvalue weighted by Crippen LogP contribution is -2.24. The minimum absolute atomic E-state index is 0.0722. The molecule has 0 radical (unpaired) electrons. The zero-order chi connectivity index (χ0) is 17.5. The Bertz CT molecular complexity index is 700. The Kier molecular flexibility index (Phi) is 6.32. The maximum absolute atomic E-state index is 12.1. The molecule has 0 saturated heterocycles. The second-order valence-electron chi connectivity index (χ2n) is 5.06. The number of ether oxygens (including phenoxy) is 1. The van der Waals surface area contributed by atoms with Crippen molar-refractivity contribution in [1.29, 1.82) is 0 Å². The highest BCUT2D eigenvalue weighted by atomic mass is 35.5. The lowest BCUT2D eigenvalue weighted by Gasteiger charge is -2.12. The van der Waals surface area contributed by atoms with Crippen LogP contribution in [0.2, 0.25) is 5.02 Å². The molecule has 0 saturated carbocycles. The standard InChI is InChI=1S/C18H16ClF2NO2/c1-12(14-5-7-15(19)8-6-14)22-17(23)11-4-13-2-9-16(10-3-13)24-18(20)21/h2-12,18H,1H3,(H,22,23)/b11-4+/t12-/m0/s1. The lowest BCUT2D eigenvalue weighted by molar-refractivity contribution is -0.117. The van der Waals surface area contributed by atoms with E-state index in [2.05, 4.69) is 10.1 Å². The van der Waals surface area contributed by atoms with Gasteiger partial charge in [0.1, 0.15) is 5.75 Å². The van der Waals surface area contributed by atoms with E-state index >= 15 is 0 Å². The summed E-state index contributed by atoms with van der Waals surface area (Å²) in [5.74, 6) is -0.187. The lowest BCUT2D eigenvalue weighted by atomic mass is 10.1. The molecule has 2 aromatic carbocycles. The quantitative estimate of drug-likeness (QED) is 0.757. The number of halogens is 3. The molecule has 0 heterocycles. The van der Waals surface area contributed by atoms with Crippen LogP contribution in [0.15, 0.2) is 54.6 Å². The molecule has 2 aromatic rings. The van der Waals surface area contributed by atoms with Crippen molar-refractivity contribution in [2.45, 2.75) is 19.6 Å². The summed E-state index contributed by atoms with van der Waals surface area (Å²) in [7, 11) is 0. The SMILES string of the molecule is C[C@H](NC(=O)/C=C/c1ccc(OC(F)F)cc1)c1ccc(Cl)cc1. The van der Waals surface area contributed by atoms with Gasteiger partial charge >= 0.3 is 6.61 Å². The number of alkyl halides is 2. The van der Waals surface area contributed by atoms with Gasteiger partial charge in [0.05, 0.1) is 6.04 Å². The summed E-state index contributed by atoms with van der Waals surface area (Å²) in [5.41, 5.74) is 1.64. The highest BCUT2D eigenvalue weighted by Crippen LogP contribution is 2.17. The Balaban J connectivity index is 1.91. The van der Waals surface area contributed by atoms with Crippen LogP contribution in [0.3, 0.4) is 0 Å². The van der Waals surface area contributed by atoms with E-state index in [1.807, 2.05) is 19.1 Å². The van der Waals surface area contributed by atoms with Crippen molar-refractivity contribution in [3.05, 3.63) is 70.8 Å². The Labute approximate surface area is 143 Å². The average molecular weight is 352 g/mol. The van der Waals surface area contributed by atoms with Crippen LogP contribution < -0.4 is 10.1 Å². The Morgan fingerprint density at radius 1 is 1.12 bits per heavy atom. The predicted molar refractivity (Wildman–Crippen MR) is 90.1 cm³/mol. The van der Waals surface area contributed by atoms with Crippen molar-refractivity contribution in [2.75, 3.05) is 0 Å². The zero-order valence-electron chi connectivity index (χ0n) is 12.9. The first-order valence-corrected chi connectivity index (χ1v) is 7.61. The van der Waals surface area contributed by atoms with Gasteiger partial charge in [0, 0.05) is 11.1 Å². The average Bonchev–Trinajstić information content (AvgIpc) is 2.54. The monoisotopic (exact) mass is 351 g/mol. The molecule has 2 rings (SSSR count). The van der Waals surface area contributed by atoms with E-state index in [4.69, 9.17) is 11.6 Å². The van der Waals surface area contributed by atoms with Crippen LogP contribution in [0.1, 0.15) is 24.1 Å². The van der Waals surface area contributed by atoms with Gasteiger partial charge < -0.3 is 10.1 Å². The summed E-state index contributed by atoms with van der Waals surface area (Å²) in [6, 6.07) is 13.1. The highest BCUT2D eigenvalue weighted by Gasteiger charge is 2.07. The van der Waals surface area contributed by atoms with Crippen LogP contribution in [-0.4, -0.2) is 12.5 Å². The molecule has 1 N–H and O–H groups in total. The fourth-order valence-corrected chi connectivity index (χ4v) is 2.15. The second-order valence-corrected chi connectivity index (χ2v) is 5.50. The summed E-state index contributed by atoms with van der Waals surface area (Å²) < 4.78 is 28.4. The number of carbonyl (C=O) groups is 1. The maximum atomic E-state index is 12.1. The first kappa shape index (κ1) is 17.9. The molecule has 0 aliphatic rings. The van der Waals surface area contributed by atoms with Crippen molar-refractivity contribution >= 4 is 23.6 Å². The normalized spacial score (nSPS) is 12.4. The molecule has 126 valence electrons. The first-order chi connectivity index (χ1) is 11.4. The predicted octanol–water partition coefficient (Wildman–Crippen LogP) is 4.83. The minimum Gasteiger partial charge on any atom is -0.435 e. The van der Waals surface area contributed by atoms with Gasteiger partial charge in [-0.3, -0.25) is 4.79 Å². The number of hydrogen-bond donors (Lipinski definition) is 1. The largest absolute Gasteiger partial charge is 0.435 e. The van der Waals surface area contributed by atoms with Gasteiger partial charge in [-0.05, 0) is 48.4 Å². The van der Waals surface area contributed by atoms with E-state index in [0.717, 1.165) is 5.56 Å². The number of amides is 1. The van der Waals surface area contributed by atoms with Gasteiger partial charge in [0.25, 0.3) is 0 Å².